The fourth-order valence-electron chi connectivity index (χ4n) is 1.56. The molecular weight excluding hydrogens is 305 g/mol. The minimum absolute atomic E-state index is 0.206. The van der Waals surface area contributed by atoms with E-state index in [2.05, 4.69) is 4.72 Å². The van der Waals surface area contributed by atoms with Gasteiger partial charge < -0.3 is 10.5 Å². The first-order valence-corrected chi connectivity index (χ1v) is 7.22. The first kappa shape index (κ1) is 17.5. The summed E-state index contributed by atoms with van der Waals surface area (Å²) in [5.74, 6) is -0.206. The van der Waals surface area contributed by atoms with Gasteiger partial charge in [0.15, 0.2) is 0 Å². The minimum Gasteiger partial charge on any atom is -0.493 e. The maximum atomic E-state index is 13.0. The fraction of sp³-hybridized carbons (Fsp3) is 0.462. The molecule has 1 aromatic carbocycles. The van der Waals surface area contributed by atoms with E-state index in [1.54, 1.807) is 0 Å². The van der Waals surface area contributed by atoms with Crippen LogP contribution < -0.4 is 15.2 Å². The van der Waals surface area contributed by atoms with E-state index in [-0.39, 0.29) is 17.3 Å². The molecule has 1 aromatic rings. The number of urea groups is 1. The van der Waals surface area contributed by atoms with Crippen molar-refractivity contribution in [2.75, 3.05) is 6.61 Å². The van der Waals surface area contributed by atoms with Gasteiger partial charge in [-0.3, -0.25) is 4.72 Å². The first-order valence-electron chi connectivity index (χ1n) is 6.41. The topological polar surface area (TPSA) is 64.3 Å². The number of ether oxygens (including phenoxy) is 1. The molecule has 0 unspecified atom stereocenters. The summed E-state index contributed by atoms with van der Waals surface area (Å²) in [5.41, 5.74) is 4.00. The molecule has 0 saturated carbocycles. The van der Waals surface area contributed by atoms with E-state index in [9.17, 15) is 18.0 Å². The van der Waals surface area contributed by atoms with Gasteiger partial charge in [-0.1, -0.05) is 19.8 Å². The molecule has 0 aliphatic heterocycles. The second-order valence-corrected chi connectivity index (χ2v) is 5.16. The second kappa shape index (κ2) is 8.02. The number of primary amides is 1. The summed E-state index contributed by atoms with van der Waals surface area (Å²) in [4.78, 5) is 10.8. The lowest BCUT2D eigenvalue weighted by Gasteiger charge is -2.15. The van der Waals surface area contributed by atoms with E-state index in [1.807, 2.05) is 6.92 Å². The number of unbranched alkanes of at least 4 members (excludes halogenated alkanes) is 2. The van der Waals surface area contributed by atoms with Crippen LogP contribution in [0.1, 0.15) is 31.7 Å². The molecule has 8 heteroatoms. The minimum atomic E-state index is -4.52. The molecule has 118 valence electrons. The smallest absolute Gasteiger partial charge is 0.420 e. The van der Waals surface area contributed by atoms with Crippen LogP contribution in [0.5, 0.6) is 5.75 Å². The highest BCUT2D eigenvalue weighted by atomic mass is 32.2. The van der Waals surface area contributed by atoms with E-state index in [4.69, 9.17) is 10.5 Å². The van der Waals surface area contributed by atoms with Gasteiger partial charge in [0.25, 0.3) is 0 Å². The average Bonchev–Trinajstić information content (AvgIpc) is 2.41. The molecule has 0 bridgehead atoms. The zero-order chi connectivity index (χ0) is 15.9. The third-order valence-electron chi connectivity index (χ3n) is 2.53. The van der Waals surface area contributed by atoms with Crippen molar-refractivity contribution in [2.45, 2.75) is 37.3 Å². The van der Waals surface area contributed by atoms with Crippen molar-refractivity contribution in [3.05, 3.63) is 23.8 Å². The van der Waals surface area contributed by atoms with Crippen molar-refractivity contribution in [2.24, 2.45) is 5.73 Å². The van der Waals surface area contributed by atoms with Crippen LogP contribution in [0.2, 0.25) is 0 Å². The number of alkyl halides is 3. The number of hydrogen-bond acceptors (Lipinski definition) is 3. The Morgan fingerprint density at radius 2 is 2.10 bits per heavy atom. The Balaban J connectivity index is 2.84. The molecule has 0 fully saturated rings. The number of nitrogens with one attached hydrogen (secondary N) is 1. The van der Waals surface area contributed by atoms with Gasteiger partial charge in [-0.15, -0.1) is 0 Å². The largest absolute Gasteiger partial charge is 0.493 e. The van der Waals surface area contributed by atoms with Gasteiger partial charge in [0, 0.05) is 4.90 Å². The van der Waals surface area contributed by atoms with Gasteiger partial charge in [0.2, 0.25) is 0 Å². The Hall–Kier alpha value is -1.57. The van der Waals surface area contributed by atoms with Crippen molar-refractivity contribution in [3.63, 3.8) is 0 Å². The van der Waals surface area contributed by atoms with Crippen LogP contribution in [0.3, 0.4) is 0 Å². The zero-order valence-corrected chi connectivity index (χ0v) is 12.3. The highest BCUT2D eigenvalue weighted by Gasteiger charge is 2.34. The molecule has 21 heavy (non-hydrogen) atoms. The van der Waals surface area contributed by atoms with Crippen molar-refractivity contribution in [1.82, 2.24) is 4.72 Å². The van der Waals surface area contributed by atoms with Gasteiger partial charge >= 0.3 is 12.2 Å². The standard InChI is InChI=1S/C13H17F3N2O2S/c1-2-3-4-7-20-11-6-5-9(21-18-12(17)19)8-10(11)13(14,15)16/h5-6,8H,2-4,7H2,1H3,(H3,17,18,19). The van der Waals surface area contributed by atoms with Gasteiger partial charge in [0.05, 0.1) is 12.2 Å². The van der Waals surface area contributed by atoms with Gasteiger partial charge in [-0.2, -0.15) is 13.2 Å². The molecule has 0 aromatic heterocycles. The molecule has 0 radical (unpaired) electrons. The van der Waals surface area contributed by atoms with Crippen molar-refractivity contribution in [1.29, 1.82) is 0 Å². The van der Waals surface area contributed by atoms with Gasteiger partial charge in [-0.05, 0) is 36.6 Å². The first-order chi connectivity index (χ1) is 9.84. The number of halogens is 3. The highest BCUT2D eigenvalue weighted by Crippen LogP contribution is 2.38. The van der Waals surface area contributed by atoms with Crippen molar-refractivity contribution in [3.8, 4) is 5.75 Å². The molecule has 0 spiro atoms. The maximum Gasteiger partial charge on any atom is 0.420 e. The van der Waals surface area contributed by atoms with Crippen LogP contribution >= 0.6 is 11.9 Å². The predicted molar refractivity (Wildman–Crippen MR) is 75.0 cm³/mol. The SMILES string of the molecule is CCCCCOc1ccc(SNC(N)=O)cc1C(F)(F)F. The number of benzene rings is 1. The predicted octanol–water partition coefficient (Wildman–Crippen LogP) is 3.95. The molecule has 0 aliphatic carbocycles. The van der Waals surface area contributed by atoms with E-state index >= 15 is 0 Å². The Morgan fingerprint density at radius 3 is 2.67 bits per heavy atom. The number of rotatable bonds is 7. The third-order valence-corrected chi connectivity index (χ3v) is 3.32. The molecule has 0 atom stereocenters. The van der Waals surface area contributed by atoms with E-state index in [0.717, 1.165) is 30.9 Å². The Kier molecular flexibility index (Phi) is 6.67. The summed E-state index contributed by atoms with van der Waals surface area (Å²) in [6, 6.07) is 2.79. The van der Waals surface area contributed by atoms with E-state index < -0.39 is 17.8 Å². The Bertz CT molecular complexity index is 481. The molecule has 3 N–H and O–H groups in total. The van der Waals surface area contributed by atoms with Gasteiger partial charge in [-0.25, -0.2) is 4.79 Å². The van der Waals surface area contributed by atoms with Crippen molar-refractivity contribution >= 4 is 18.0 Å². The summed E-state index contributed by atoms with van der Waals surface area (Å²) in [5, 5.41) is 0. The molecule has 0 saturated heterocycles. The fourth-order valence-corrected chi connectivity index (χ4v) is 2.09. The lowest BCUT2D eigenvalue weighted by Crippen LogP contribution is -2.22. The third kappa shape index (κ3) is 6.16. The van der Waals surface area contributed by atoms with E-state index in [1.165, 1.54) is 12.1 Å². The highest BCUT2D eigenvalue weighted by molar-refractivity contribution is 7.98. The maximum absolute atomic E-state index is 13.0. The van der Waals surface area contributed by atoms with Crippen LogP contribution in [0.15, 0.2) is 23.1 Å². The summed E-state index contributed by atoms with van der Waals surface area (Å²) in [6.45, 7) is 2.24. The molecule has 0 aliphatic rings. The molecule has 1 rings (SSSR count). The average molecular weight is 322 g/mol. The van der Waals surface area contributed by atoms with Crippen LogP contribution in [-0.4, -0.2) is 12.6 Å². The normalized spacial score (nSPS) is 11.2. The zero-order valence-electron chi connectivity index (χ0n) is 11.5. The summed E-state index contributed by atoms with van der Waals surface area (Å²) in [7, 11) is 0. The summed E-state index contributed by atoms with van der Waals surface area (Å²) < 4.78 is 46.4. The number of carbonyl (C=O) groups is 1. The summed E-state index contributed by atoms with van der Waals surface area (Å²) >= 11 is 0.719. The summed E-state index contributed by atoms with van der Waals surface area (Å²) in [6.07, 6.45) is -1.96. The van der Waals surface area contributed by atoms with Crippen LogP contribution in [0.4, 0.5) is 18.0 Å². The number of hydrogen-bond donors (Lipinski definition) is 2. The lowest BCUT2D eigenvalue weighted by atomic mass is 10.2. The molecular formula is C13H17F3N2O2S. The number of nitrogens with two attached hydrogens (primary N) is 1. The van der Waals surface area contributed by atoms with Crippen molar-refractivity contribution < 1.29 is 22.7 Å². The molecule has 4 nitrogen and oxygen atoms in total. The Morgan fingerprint density at radius 1 is 1.38 bits per heavy atom. The van der Waals surface area contributed by atoms with Gasteiger partial charge in [0.1, 0.15) is 5.75 Å². The lowest BCUT2D eigenvalue weighted by molar-refractivity contribution is -0.139. The van der Waals surface area contributed by atoms with Crippen LogP contribution in [0, 0.1) is 0 Å². The number of carbonyl (C=O) groups excluding carboxylic acids is 1. The second-order valence-electron chi connectivity index (χ2n) is 4.28. The van der Waals surface area contributed by atoms with Crippen LogP contribution in [-0.2, 0) is 6.18 Å². The quantitative estimate of drug-likeness (QED) is 0.590. The monoisotopic (exact) mass is 322 g/mol. The molecule has 0 heterocycles. The Labute approximate surface area is 125 Å². The number of amides is 2. The van der Waals surface area contributed by atoms with Crippen LogP contribution in [0.25, 0.3) is 0 Å². The van der Waals surface area contributed by atoms with E-state index in [0.29, 0.717) is 6.42 Å². The molecule has 2 amide bonds.